The molecular formula is C25H55O4P. The highest BCUT2D eigenvalue weighted by Crippen LogP contribution is 2.28. The number of hydrogen-bond acceptors (Lipinski definition) is 4. The molecule has 0 aliphatic carbocycles. The molecule has 0 heterocycles. The second-order valence-corrected chi connectivity index (χ2v) is 9.89. The maximum atomic E-state index is 9.82. The lowest BCUT2D eigenvalue weighted by Crippen LogP contribution is -2.46. The van der Waals surface area contributed by atoms with Gasteiger partial charge in [0.15, 0.2) is 0 Å². The molecule has 0 aromatic heterocycles. The van der Waals surface area contributed by atoms with Crippen LogP contribution in [0.3, 0.4) is 0 Å². The number of aliphatic hydroxyl groups is 3. The topological polar surface area (TPSA) is 69.9 Å². The van der Waals surface area contributed by atoms with Crippen molar-refractivity contribution in [3.8, 4) is 0 Å². The molecule has 5 heteroatoms. The minimum Gasteiger partial charge on any atom is -0.396 e. The Bertz CT molecular complexity index is 338. The van der Waals surface area contributed by atoms with Crippen molar-refractivity contribution in [2.24, 2.45) is 17.3 Å². The lowest BCUT2D eigenvalue weighted by atomic mass is 9.81. The molecule has 0 aliphatic heterocycles. The van der Waals surface area contributed by atoms with Gasteiger partial charge in [0, 0.05) is 6.61 Å². The zero-order valence-corrected chi connectivity index (χ0v) is 22.1. The van der Waals surface area contributed by atoms with Crippen LogP contribution in [0.2, 0.25) is 0 Å². The predicted molar refractivity (Wildman–Crippen MR) is 134 cm³/mol. The molecule has 0 amide bonds. The molecule has 3 N–H and O–H groups in total. The van der Waals surface area contributed by atoms with Crippen molar-refractivity contribution in [1.82, 2.24) is 0 Å². The average molecular weight is 451 g/mol. The molecule has 0 radical (unpaired) electrons. The Labute approximate surface area is 191 Å². The summed E-state index contributed by atoms with van der Waals surface area (Å²) in [5.74, 6) is 1.57. The maximum absolute atomic E-state index is 9.82. The largest absolute Gasteiger partial charge is 0.396 e. The van der Waals surface area contributed by atoms with E-state index >= 15 is 0 Å². The molecule has 0 rings (SSSR count). The SMILES string of the molecule is CC(C)CCCCCCCOC(CCCCCCCC(C)C)C(CO)(CO)CO.P. The van der Waals surface area contributed by atoms with Gasteiger partial charge in [-0.2, -0.15) is 9.90 Å². The molecule has 0 spiro atoms. The van der Waals surface area contributed by atoms with Crippen molar-refractivity contribution in [3.63, 3.8) is 0 Å². The number of rotatable bonds is 21. The third kappa shape index (κ3) is 16.0. The fourth-order valence-electron chi connectivity index (χ4n) is 3.84. The summed E-state index contributed by atoms with van der Waals surface area (Å²) in [6.45, 7) is 9.00. The van der Waals surface area contributed by atoms with Gasteiger partial charge in [-0.25, -0.2) is 0 Å². The van der Waals surface area contributed by atoms with Gasteiger partial charge >= 0.3 is 0 Å². The summed E-state index contributed by atoms with van der Waals surface area (Å²) in [5.41, 5.74) is -0.936. The minimum atomic E-state index is -0.936. The van der Waals surface area contributed by atoms with Crippen LogP contribution in [0.15, 0.2) is 0 Å². The minimum absolute atomic E-state index is 0. The van der Waals surface area contributed by atoms with E-state index in [1.54, 1.807) is 0 Å². The fraction of sp³-hybridized carbons (Fsp3) is 1.00. The Hall–Kier alpha value is 0.270. The lowest BCUT2D eigenvalue weighted by Gasteiger charge is -2.36. The van der Waals surface area contributed by atoms with Crippen LogP contribution >= 0.6 is 9.90 Å². The number of aliphatic hydroxyl groups excluding tert-OH is 3. The molecule has 2 atom stereocenters. The van der Waals surface area contributed by atoms with Gasteiger partial charge in [-0.1, -0.05) is 98.3 Å². The molecular weight excluding hydrogens is 395 g/mol. The van der Waals surface area contributed by atoms with Crippen LogP contribution in [0.5, 0.6) is 0 Å². The quantitative estimate of drug-likeness (QED) is 0.153. The Balaban J connectivity index is 0. The van der Waals surface area contributed by atoms with Crippen LogP contribution in [0.4, 0.5) is 0 Å². The van der Waals surface area contributed by atoms with E-state index < -0.39 is 5.41 Å². The number of ether oxygens (including phenoxy) is 1. The Morgan fingerprint density at radius 2 is 0.933 bits per heavy atom. The standard InChI is InChI=1S/C25H52O4.H3P/c1-22(2)15-11-7-5-9-13-17-24(25(19-26,20-27)21-28)29-18-14-10-6-8-12-16-23(3)4;/h22-24,26-28H,5-21H2,1-4H3;1H3. The van der Waals surface area contributed by atoms with Crippen LogP contribution in [0, 0.1) is 17.3 Å². The van der Waals surface area contributed by atoms with E-state index in [9.17, 15) is 15.3 Å². The lowest BCUT2D eigenvalue weighted by molar-refractivity contribution is -0.117. The predicted octanol–water partition coefficient (Wildman–Crippen LogP) is 5.78. The first-order valence-corrected chi connectivity index (χ1v) is 12.4. The third-order valence-corrected chi connectivity index (χ3v) is 6.12. The van der Waals surface area contributed by atoms with Gasteiger partial charge < -0.3 is 20.1 Å². The summed E-state index contributed by atoms with van der Waals surface area (Å²) in [6.07, 6.45) is 15.1. The number of hydrogen-bond donors (Lipinski definition) is 3. The monoisotopic (exact) mass is 450 g/mol. The Kier molecular flexibility index (Phi) is 22.9. The fourth-order valence-corrected chi connectivity index (χ4v) is 3.84. The highest BCUT2D eigenvalue weighted by molar-refractivity contribution is 6.92. The molecule has 0 saturated carbocycles. The van der Waals surface area contributed by atoms with Crippen molar-refractivity contribution in [3.05, 3.63) is 0 Å². The Morgan fingerprint density at radius 3 is 1.33 bits per heavy atom. The summed E-state index contributed by atoms with van der Waals surface area (Å²) in [7, 11) is 0. The van der Waals surface area contributed by atoms with Crippen molar-refractivity contribution in [2.75, 3.05) is 26.4 Å². The van der Waals surface area contributed by atoms with Gasteiger partial charge in [0.1, 0.15) is 0 Å². The first kappa shape index (κ1) is 32.4. The highest BCUT2D eigenvalue weighted by Gasteiger charge is 2.38. The van der Waals surface area contributed by atoms with Crippen LogP contribution in [0.1, 0.15) is 111 Å². The molecule has 0 bridgehead atoms. The van der Waals surface area contributed by atoms with Gasteiger partial charge in [0.2, 0.25) is 0 Å². The van der Waals surface area contributed by atoms with E-state index in [2.05, 4.69) is 27.7 Å². The molecule has 0 fully saturated rings. The van der Waals surface area contributed by atoms with Gasteiger partial charge in [0.05, 0.1) is 31.3 Å². The van der Waals surface area contributed by atoms with E-state index in [4.69, 9.17) is 4.74 Å². The highest BCUT2D eigenvalue weighted by atomic mass is 31.0. The van der Waals surface area contributed by atoms with Gasteiger partial charge in [-0.15, -0.1) is 0 Å². The van der Waals surface area contributed by atoms with E-state index in [1.165, 1.54) is 51.4 Å². The maximum Gasteiger partial charge on any atom is 0.0697 e. The van der Waals surface area contributed by atoms with Crippen molar-refractivity contribution >= 4 is 9.90 Å². The molecule has 0 aromatic carbocycles. The first-order valence-electron chi connectivity index (χ1n) is 12.4. The van der Waals surface area contributed by atoms with Crippen LogP contribution in [-0.2, 0) is 4.74 Å². The van der Waals surface area contributed by atoms with Gasteiger partial charge in [0.25, 0.3) is 0 Å². The molecule has 0 aliphatic rings. The van der Waals surface area contributed by atoms with Crippen molar-refractivity contribution in [2.45, 2.75) is 117 Å². The summed E-state index contributed by atoms with van der Waals surface area (Å²) < 4.78 is 6.10. The van der Waals surface area contributed by atoms with E-state index in [0.717, 1.165) is 43.9 Å². The summed E-state index contributed by atoms with van der Waals surface area (Å²) in [5, 5.41) is 29.4. The average Bonchev–Trinajstić information content (AvgIpc) is 2.69. The second kappa shape index (κ2) is 21.1. The van der Waals surface area contributed by atoms with Crippen LogP contribution < -0.4 is 0 Å². The van der Waals surface area contributed by atoms with Crippen LogP contribution in [-0.4, -0.2) is 47.9 Å². The third-order valence-electron chi connectivity index (χ3n) is 6.12. The zero-order valence-electron chi connectivity index (χ0n) is 20.7. The molecule has 184 valence electrons. The van der Waals surface area contributed by atoms with E-state index in [1.807, 2.05) is 0 Å². The van der Waals surface area contributed by atoms with E-state index in [0.29, 0.717) is 6.61 Å². The molecule has 30 heavy (non-hydrogen) atoms. The smallest absolute Gasteiger partial charge is 0.0697 e. The normalized spacial score (nSPS) is 13.1. The van der Waals surface area contributed by atoms with Gasteiger partial charge in [-0.05, 0) is 24.7 Å². The summed E-state index contributed by atoms with van der Waals surface area (Å²) in [4.78, 5) is 0. The second-order valence-electron chi connectivity index (χ2n) is 9.89. The van der Waals surface area contributed by atoms with Gasteiger partial charge in [-0.3, -0.25) is 0 Å². The Morgan fingerprint density at radius 1 is 0.567 bits per heavy atom. The molecule has 0 saturated heterocycles. The summed E-state index contributed by atoms with van der Waals surface area (Å²) >= 11 is 0. The molecule has 2 unspecified atom stereocenters. The van der Waals surface area contributed by atoms with E-state index in [-0.39, 0.29) is 35.8 Å². The molecule has 4 nitrogen and oxygen atoms in total. The zero-order chi connectivity index (χ0) is 22.0. The molecule has 0 aromatic rings. The van der Waals surface area contributed by atoms with Crippen molar-refractivity contribution in [1.29, 1.82) is 0 Å². The van der Waals surface area contributed by atoms with Crippen LogP contribution in [0.25, 0.3) is 0 Å². The number of unbranched alkanes of at least 4 members (excludes halogenated alkanes) is 8. The van der Waals surface area contributed by atoms with Crippen molar-refractivity contribution < 1.29 is 20.1 Å². The summed E-state index contributed by atoms with van der Waals surface area (Å²) in [6, 6.07) is 0. The first-order chi connectivity index (χ1) is 13.9.